The molecule has 1 rings (SSSR count). The lowest BCUT2D eigenvalue weighted by atomic mass is 9.96. The highest BCUT2D eigenvalue weighted by molar-refractivity contribution is 9.09. The van der Waals surface area contributed by atoms with E-state index in [-0.39, 0.29) is 29.3 Å². The fraction of sp³-hybridized carbons (Fsp3) is 1.00. The van der Waals surface area contributed by atoms with Crippen LogP contribution in [0.1, 0.15) is 39.5 Å². The number of hydrogen-bond donors (Lipinski definition) is 0. The zero-order valence-corrected chi connectivity index (χ0v) is 13.8. The molecular weight excluding hydrogens is 318 g/mol. The van der Waals surface area contributed by atoms with Gasteiger partial charge >= 0.3 is 0 Å². The molecular formula is C12H24BrNO3S. The standard InChI is InChI=1S/C12H24BrNO3S/c1-10(2)17-8-9-18(15,16)14(3)12-7-5-4-6-11(12)13/h10-12H,4-9H2,1-3H3. The average molecular weight is 342 g/mol. The Morgan fingerprint density at radius 1 is 1.33 bits per heavy atom. The molecule has 1 aliphatic rings. The van der Waals surface area contributed by atoms with Crippen LogP contribution >= 0.6 is 15.9 Å². The molecule has 0 spiro atoms. The third kappa shape index (κ3) is 4.79. The molecule has 0 saturated heterocycles. The van der Waals surface area contributed by atoms with Crippen LogP contribution in [-0.4, -0.2) is 49.1 Å². The predicted molar refractivity (Wildman–Crippen MR) is 77.6 cm³/mol. The molecule has 1 saturated carbocycles. The molecule has 2 atom stereocenters. The van der Waals surface area contributed by atoms with Crippen LogP contribution in [0.4, 0.5) is 0 Å². The second kappa shape index (κ2) is 7.22. The lowest BCUT2D eigenvalue weighted by molar-refractivity contribution is 0.0905. The Morgan fingerprint density at radius 3 is 2.50 bits per heavy atom. The summed E-state index contributed by atoms with van der Waals surface area (Å²) in [6, 6.07) is 0.0859. The van der Waals surface area contributed by atoms with Gasteiger partial charge in [0.15, 0.2) is 0 Å². The van der Waals surface area contributed by atoms with Gasteiger partial charge in [-0.2, -0.15) is 0 Å². The van der Waals surface area contributed by atoms with Crippen molar-refractivity contribution in [3.63, 3.8) is 0 Å². The first-order valence-electron chi connectivity index (χ1n) is 6.56. The minimum atomic E-state index is -3.21. The Labute approximate surface area is 119 Å². The van der Waals surface area contributed by atoms with Crippen molar-refractivity contribution < 1.29 is 13.2 Å². The molecule has 2 unspecified atom stereocenters. The monoisotopic (exact) mass is 341 g/mol. The lowest BCUT2D eigenvalue weighted by Gasteiger charge is -2.34. The van der Waals surface area contributed by atoms with Gasteiger partial charge in [-0.3, -0.25) is 0 Å². The van der Waals surface area contributed by atoms with Crippen molar-refractivity contribution in [3.8, 4) is 0 Å². The highest BCUT2D eigenvalue weighted by Crippen LogP contribution is 2.29. The Morgan fingerprint density at radius 2 is 1.94 bits per heavy atom. The molecule has 6 heteroatoms. The number of alkyl halides is 1. The average Bonchev–Trinajstić information content (AvgIpc) is 2.28. The van der Waals surface area contributed by atoms with E-state index in [1.54, 1.807) is 7.05 Å². The third-order valence-corrected chi connectivity index (χ3v) is 6.24. The molecule has 108 valence electrons. The molecule has 0 aromatic rings. The van der Waals surface area contributed by atoms with Crippen LogP contribution in [0.2, 0.25) is 0 Å². The lowest BCUT2D eigenvalue weighted by Crippen LogP contribution is -2.45. The summed E-state index contributed by atoms with van der Waals surface area (Å²) < 4.78 is 31.2. The number of rotatable bonds is 6. The van der Waals surface area contributed by atoms with Crippen LogP contribution in [0, 0.1) is 0 Å². The van der Waals surface area contributed by atoms with E-state index in [1.165, 1.54) is 10.7 Å². The van der Waals surface area contributed by atoms with Gasteiger partial charge < -0.3 is 4.74 Å². The highest BCUT2D eigenvalue weighted by Gasteiger charge is 2.32. The van der Waals surface area contributed by atoms with Crippen molar-refractivity contribution in [2.24, 2.45) is 0 Å². The topological polar surface area (TPSA) is 46.6 Å². The summed E-state index contributed by atoms with van der Waals surface area (Å²) in [4.78, 5) is 0.275. The van der Waals surface area contributed by atoms with Crippen molar-refractivity contribution in [1.82, 2.24) is 4.31 Å². The highest BCUT2D eigenvalue weighted by atomic mass is 79.9. The number of hydrogen-bond acceptors (Lipinski definition) is 3. The fourth-order valence-electron chi connectivity index (χ4n) is 2.22. The maximum absolute atomic E-state index is 12.2. The summed E-state index contributed by atoms with van der Waals surface area (Å²) in [5, 5.41) is 0. The molecule has 18 heavy (non-hydrogen) atoms. The summed E-state index contributed by atoms with van der Waals surface area (Å²) in [5.74, 6) is 0.0674. The van der Waals surface area contributed by atoms with E-state index in [4.69, 9.17) is 4.74 Å². The molecule has 0 aromatic heterocycles. The maximum Gasteiger partial charge on any atom is 0.216 e. The van der Waals surface area contributed by atoms with Crippen LogP contribution in [0.25, 0.3) is 0 Å². The van der Waals surface area contributed by atoms with Gasteiger partial charge in [-0.05, 0) is 26.7 Å². The Kier molecular flexibility index (Phi) is 6.58. The summed E-state index contributed by atoms with van der Waals surface area (Å²) in [6.45, 7) is 4.09. The second-order valence-electron chi connectivity index (χ2n) is 5.12. The second-order valence-corrected chi connectivity index (χ2v) is 8.44. The number of ether oxygens (including phenoxy) is 1. The van der Waals surface area contributed by atoms with Crippen LogP contribution in [0.5, 0.6) is 0 Å². The van der Waals surface area contributed by atoms with E-state index < -0.39 is 10.0 Å². The van der Waals surface area contributed by atoms with Gasteiger partial charge in [-0.15, -0.1) is 0 Å². The Hall–Kier alpha value is 0.350. The maximum atomic E-state index is 12.2. The molecule has 0 aromatic carbocycles. The van der Waals surface area contributed by atoms with Crippen molar-refractivity contribution in [2.75, 3.05) is 19.4 Å². The first-order chi connectivity index (χ1) is 8.34. The van der Waals surface area contributed by atoms with E-state index in [9.17, 15) is 8.42 Å². The van der Waals surface area contributed by atoms with Crippen LogP contribution in [0.3, 0.4) is 0 Å². The zero-order chi connectivity index (χ0) is 13.8. The van der Waals surface area contributed by atoms with Crippen LogP contribution in [-0.2, 0) is 14.8 Å². The molecule has 0 N–H and O–H groups in total. The van der Waals surface area contributed by atoms with Gasteiger partial charge in [0.05, 0.1) is 18.5 Å². The van der Waals surface area contributed by atoms with Crippen molar-refractivity contribution in [1.29, 1.82) is 0 Å². The molecule has 0 radical (unpaired) electrons. The van der Waals surface area contributed by atoms with Crippen molar-refractivity contribution in [2.45, 2.75) is 56.5 Å². The minimum Gasteiger partial charge on any atom is -0.378 e. The number of halogens is 1. The molecule has 0 amide bonds. The predicted octanol–water partition coefficient (Wildman–Crippen LogP) is 2.38. The summed E-state index contributed by atoms with van der Waals surface area (Å²) in [6.07, 6.45) is 4.35. The first-order valence-corrected chi connectivity index (χ1v) is 9.08. The Bertz CT molecular complexity index is 345. The minimum absolute atomic E-state index is 0.0674. The van der Waals surface area contributed by atoms with Crippen molar-refractivity contribution in [3.05, 3.63) is 0 Å². The van der Waals surface area contributed by atoms with Gasteiger partial charge in [0.2, 0.25) is 10.0 Å². The molecule has 1 fully saturated rings. The summed E-state index contributed by atoms with van der Waals surface area (Å²) >= 11 is 3.60. The zero-order valence-electron chi connectivity index (χ0n) is 11.4. The first kappa shape index (κ1) is 16.4. The molecule has 4 nitrogen and oxygen atoms in total. The van der Waals surface area contributed by atoms with Crippen molar-refractivity contribution >= 4 is 26.0 Å². The molecule has 0 heterocycles. The number of sulfonamides is 1. The molecule has 0 aliphatic heterocycles. The molecule has 0 bridgehead atoms. The summed E-state index contributed by atoms with van der Waals surface area (Å²) in [7, 11) is -1.52. The van der Waals surface area contributed by atoms with E-state index in [0.717, 1.165) is 19.3 Å². The quantitative estimate of drug-likeness (QED) is 0.697. The SMILES string of the molecule is CC(C)OCCS(=O)(=O)N(C)C1CCCCC1Br. The van der Waals surface area contributed by atoms with Crippen LogP contribution < -0.4 is 0 Å². The van der Waals surface area contributed by atoms with Gasteiger partial charge in [0, 0.05) is 17.9 Å². The Balaban J connectivity index is 2.54. The van der Waals surface area contributed by atoms with E-state index in [1.807, 2.05) is 13.8 Å². The normalized spacial score (nSPS) is 25.9. The molecule has 1 aliphatic carbocycles. The smallest absolute Gasteiger partial charge is 0.216 e. The van der Waals surface area contributed by atoms with Gasteiger partial charge in [-0.25, -0.2) is 12.7 Å². The van der Waals surface area contributed by atoms with E-state index >= 15 is 0 Å². The fourth-order valence-corrected chi connectivity index (χ4v) is 4.57. The van der Waals surface area contributed by atoms with Gasteiger partial charge in [-0.1, -0.05) is 28.8 Å². The van der Waals surface area contributed by atoms with Crippen LogP contribution in [0.15, 0.2) is 0 Å². The summed E-state index contributed by atoms with van der Waals surface area (Å²) in [5.41, 5.74) is 0. The van der Waals surface area contributed by atoms with Gasteiger partial charge in [0.25, 0.3) is 0 Å². The number of nitrogens with zero attached hydrogens (tertiary/aromatic N) is 1. The van der Waals surface area contributed by atoms with E-state index in [2.05, 4.69) is 15.9 Å². The van der Waals surface area contributed by atoms with Gasteiger partial charge in [0.1, 0.15) is 0 Å². The van der Waals surface area contributed by atoms with E-state index in [0.29, 0.717) is 0 Å². The third-order valence-electron chi connectivity index (χ3n) is 3.35. The largest absolute Gasteiger partial charge is 0.378 e.